The quantitative estimate of drug-likeness (QED) is 0.569. The van der Waals surface area contributed by atoms with Crippen LogP contribution in [0, 0.1) is 6.92 Å². The van der Waals surface area contributed by atoms with Gasteiger partial charge in [-0.1, -0.05) is 36.4 Å². The average Bonchev–Trinajstić information content (AvgIpc) is 3.36. The highest BCUT2D eigenvalue weighted by molar-refractivity contribution is 7.89. The molecule has 1 N–H and O–H groups in total. The molecule has 5 rings (SSSR count). The molecule has 0 atom stereocenters. The molecule has 0 aliphatic carbocycles. The Hall–Kier alpha value is -3.20. The molecule has 0 bridgehead atoms. The zero-order chi connectivity index (χ0) is 24.4. The number of amides is 1. The largest absolute Gasteiger partial charge is 0.493 e. The van der Waals surface area contributed by atoms with Crippen LogP contribution in [0.5, 0.6) is 5.75 Å². The molecule has 3 aromatic rings. The molecule has 3 aromatic carbocycles. The number of sulfonamides is 1. The van der Waals surface area contributed by atoms with Gasteiger partial charge in [-0.05, 0) is 59.0 Å². The van der Waals surface area contributed by atoms with Crippen molar-refractivity contribution < 1.29 is 22.7 Å². The number of ether oxygens (including phenoxy) is 2. The molecular weight excluding hydrogens is 464 g/mol. The van der Waals surface area contributed by atoms with E-state index in [1.54, 1.807) is 19.1 Å². The number of aryl methyl sites for hydroxylation is 1. The first-order chi connectivity index (χ1) is 16.9. The molecule has 0 unspecified atom stereocenters. The lowest BCUT2D eigenvalue weighted by Crippen LogP contribution is -2.40. The van der Waals surface area contributed by atoms with E-state index in [-0.39, 0.29) is 10.8 Å². The number of nitrogens with one attached hydrogen (secondary N) is 1. The lowest BCUT2D eigenvalue weighted by molar-refractivity contribution is 0.0730. The van der Waals surface area contributed by atoms with Crippen LogP contribution in [0.2, 0.25) is 0 Å². The van der Waals surface area contributed by atoms with Crippen molar-refractivity contribution in [3.63, 3.8) is 0 Å². The summed E-state index contributed by atoms with van der Waals surface area (Å²) >= 11 is 0. The molecule has 182 valence electrons. The molecule has 35 heavy (non-hydrogen) atoms. The smallest absolute Gasteiger partial charge is 0.251 e. The lowest BCUT2D eigenvalue weighted by atomic mass is 10.0. The summed E-state index contributed by atoms with van der Waals surface area (Å²) < 4.78 is 38.2. The van der Waals surface area contributed by atoms with Crippen LogP contribution in [-0.2, 0) is 27.7 Å². The van der Waals surface area contributed by atoms with E-state index in [0.29, 0.717) is 38.4 Å². The third-order valence-corrected chi connectivity index (χ3v) is 8.39. The van der Waals surface area contributed by atoms with E-state index in [0.717, 1.165) is 41.0 Å². The van der Waals surface area contributed by atoms with Gasteiger partial charge in [-0.15, -0.1) is 0 Å². The predicted octanol–water partition coefficient (Wildman–Crippen LogP) is 3.55. The standard InChI is InChI=1S/C27H28N2O5S/c1-19-2-8-24(35(31,32)29-11-14-33-15-12-29)17-25(19)27(30)28-18-20-3-5-21(6-4-20)22-7-9-26-23(16-22)10-13-34-26/h2-9,16-17H,10-15,18H2,1H3,(H,28,30). The fourth-order valence-electron chi connectivity index (χ4n) is 4.40. The van der Waals surface area contributed by atoms with Crippen LogP contribution in [-0.4, -0.2) is 51.5 Å². The lowest BCUT2D eigenvalue weighted by Gasteiger charge is -2.26. The van der Waals surface area contributed by atoms with E-state index in [4.69, 9.17) is 9.47 Å². The summed E-state index contributed by atoms with van der Waals surface area (Å²) in [6.07, 6.45) is 0.932. The highest BCUT2D eigenvalue weighted by Gasteiger charge is 2.27. The third-order valence-electron chi connectivity index (χ3n) is 6.49. The molecular formula is C27H28N2O5S. The van der Waals surface area contributed by atoms with Gasteiger partial charge in [0.15, 0.2) is 0 Å². The van der Waals surface area contributed by atoms with E-state index in [1.807, 2.05) is 30.3 Å². The maximum Gasteiger partial charge on any atom is 0.251 e. The second-order valence-electron chi connectivity index (χ2n) is 8.79. The molecule has 1 fully saturated rings. The Bertz CT molecular complexity index is 1350. The first-order valence-corrected chi connectivity index (χ1v) is 13.2. The number of hydrogen-bond acceptors (Lipinski definition) is 5. The van der Waals surface area contributed by atoms with Crippen molar-refractivity contribution >= 4 is 15.9 Å². The first kappa shape index (κ1) is 23.5. The zero-order valence-electron chi connectivity index (χ0n) is 19.6. The Morgan fingerprint density at radius 1 is 0.943 bits per heavy atom. The molecule has 2 heterocycles. The number of carbonyl (C=O) groups excluding carboxylic acids is 1. The van der Waals surface area contributed by atoms with E-state index in [1.165, 1.54) is 15.9 Å². The topological polar surface area (TPSA) is 84.9 Å². The normalized spacial score (nSPS) is 15.9. The molecule has 8 heteroatoms. The molecule has 2 aliphatic rings. The van der Waals surface area contributed by atoms with E-state index in [9.17, 15) is 13.2 Å². The number of benzene rings is 3. The molecule has 7 nitrogen and oxygen atoms in total. The number of nitrogens with zero attached hydrogens (tertiary/aromatic N) is 1. The van der Waals surface area contributed by atoms with Gasteiger partial charge in [0.25, 0.3) is 5.91 Å². The van der Waals surface area contributed by atoms with Crippen molar-refractivity contribution in [1.29, 1.82) is 0 Å². The van der Waals surface area contributed by atoms with Gasteiger partial charge in [-0.25, -0.2) is 8.42 Å². The SMILES string of the molecule is Cc1ccc(S(=O)(=O)N2CCOCC2)cc1C(=O)NCc1ccc(-c2ccc3c(c2)CCO3)cc1. The minimum Gasteiger partial charge on any atom is -0.493 e. The number of fused-ring (bicyclic) bond motifs is 1. The van der Waals surface area contributed by atoms with Crippen LogP contribution in [0.1, 0.15) is 27.0 Å². The van der Waals surface area contributed by atoms with Gasteiger partial charge < -0.3 is 14.8 Å². The highest BCUT2D eigenvalue weighted by Crippen LogP contribution is 2.30. The van der Waals surface area contributed by atoms with Gasteiger partial charge in [0, 0.05) is 31.6 Å². The third kappa shape index (κ3) is 4.96. The van der Waals surface area contributed by atoms with Crippen molar-refractivity contribution in [2.24, 2.45) is 0 Å². The summed E-state index contributed by atoms with van der Waals surface area (Å²) in [6.45, 7) is 4.25. The van der Waals surface area contributed by atoms with Gasteiger partial charge in [0.05, 0.1) is 24.7 Å². The van der Waals surface area contributed by atoms with Gasteiger partial charge in [-0.2, -0.15) is 4.31 Å². The zero-order valence-corrected chi connectivity index (χ0v) is 20.4. The van der Waals surface area contributed by atoms with Gasteiger partial charge in [-0.3, -0.25) is 4.79 Å². The monoisotopic (exact) mass is 492 g/mol. The highest BCUT2D eigenvalue weighted by atomic mass is 32.2. The molecule has 0 spiro atoms. The van der Waals surface area contributed by atoms with Crippen LogP contribution in [0.15, 0.2) is 65.6 Å². The van der Waals surface area contributed by atoms with Crippen LogP contribution >= 0.6 is 0 Å². The Kier molecular flexibility index (Phi) is 6.60. The number of hydrogen-bond donors (Lipinski definition) is 1. The van der Waals surface area contributed by atoms with Gasteiger partial charge in [0.1, 0.15) is 5.75 Å². The summed E-state index contributed by atoms with van der Waals surface area (Å²) in [5, 5.41) is 2.92. The Labute approximate surface area is 205 Å². The van der Waals surface area contributed by atoms with E-state index < -0.39 is 10.0 Å². The molecule has 0 radical (unpaired) electrons. The predicted molar refractivity (Wildman–Crippen MR) is 133 cm³/mol. The Balaban J connectivity index is 1.26. The maximum absolute atomic E-state index is 13.0. The second-order valence-corrected chi connectivity index (χ2v) is 10.7. The second kappa shape index (κ2) is 9.81. The Morgan fingerprint density at radius 3 is 2.46 bits per heavy atom. The Morgan fingerprint density at radius 2 is 1.69 bits per heavy atom. The van der Waals surface area contributed by atoms with Crippen molar-refractivity contribution in [2.45, 2.75) is 24.8 Å². The molecule has 0 saturated carbocycles. The van der Waals surface area contributed by atoms with Crippen molar-refractivity contribution in [1.82, 2.24) is 9.62 Å². The van der Waals surface area contributed by atoms with Crippen molar-refractivity contribution in [3.05, 3.63) is 82.9 Å². The summed E-state index contributed by atoms with van der Waals surface area (Å²) in [6, 6.07) is 19.0. The molecule has 1 amide bonds. The minimum absolute atomic E-state index is 0.124. The van der Waals surface area contributed by atoms with E-state index in [2.05, 4.69) is 17.4 Å². The van der Waals surface area contributed by atoms with Crippen molar-refractivity contribution in [3.8, 4) is 16.9 Å². The molecule has 1 saturated heterocycles. The maximum atomic E-state index is 13.0. The number of morpholine rings is 1. The molecule has 0 aromatic heterocycles. The van der Waals surface area contributed by atoms with Gasteiger partial charge >= 0.3 is 0 Å². The van der Waals surface area contributed by atoms with Crippen LogP contribution in [0.25, 0.3) is 11.1 Å². The number of rotatable bonds is 6. The minimum atomic E-state index is -3.67. The summed E-state index contributed by atoms with van der Waals surface area (Å²) in [7, 11) is -3.67. The summed E-state index contributed by atoms with van der Waals surface area (Å²) in [5.74, 6) is 0.661. The first-order valence-electron chi connectivity index (χ1n) is 11.7. The van der Waals surface area contributed by atoms with Crippen molar-refractivity contribution in [2.75, 3.05) is 32.9 Å². The summed E-state index contributed by atoms with van der Waals surface area (Å²) in [4.78, 5) is 13.1. The van der Waals surface area contributed by atoms with Crippen LogP contribution in [0.3, 0.4) is 0 Å². The molecule has 2 aliphatic heterocycles. The van der Waals surface area contributed by atoms with E-state index >= 15 is 0 Å². The number of carbonyl (C=O) groups is 1. The fourth-order valence-corrected chi connectivity index (χ4v) is 5.84. The van der Waals surface area contributed by atoms with Crippen LogP contribution in [0.4, 0.5) is 0 Å². The fraction of sp³-hybridized carbons (Fsp3) is 0.296. The van der Waals surface area contributed by atoms with Gasteiger partial charge in [0.2, 0.25) is 10.0 Å². The summed E-state index contributed by atoms with van der Waals surface area (Å²) in [5.41, 5.74) is 5.51. The van der Waals surface area contributed by atoms with Crippen LogP contribution < -0.4 is 10.1 Å². The average molecular weight is 493 g/mol.